The monoisotopic (exact) mass is 396 g/mol. The van der Waals surface area contributed by atoms with Crippen molar-refractivity contribution in [1.82, 2.24) is 15.1 Å². The van der Waals surface area contributed by atoms with Gasteiger partial charge in [-0.2, -0.15) is 5.10 Å². The quantitative estimate of drug-likeness (QED) is 0.660. The number of benzene rings is 2. The summed E-state index contributed by atoms with van der Waals surface area (Å²) in [6.45, 7) is 3.28. The average Bonchev–Trinajstić information content (AvgIpc) is 3.01. The molecule has 1 heterocycles. The molecule has 0 saturated carbocycles. The standard InChI is InChI=1S/C21H21ClN4O2/c1-14-11-20(26(25-14)18-10-6-9-17(22)12-18)24-21(28)13-19(23-15(2)27)16-7-4-3-5-8-16/h3-12,19H,13H2,1-2H3,(H,23,27)(H,24,28). The van der Waals surface area contributed by atoms with Crippen LogP contribution < -0.4 is 10.6 Å². The lowest BCUT2D eigenvalue weighted by molar-refractivity contribution is -0.120. The summed E-state index contributed by atoms with van der Waals surface area (Å²) < 4.78 is 1.63. The molecule has 0 aliphatic heterocycles. The topological polar surface area (TPSA) is 76.0 Å². The van der Waals surface area contributed by atoms with Crippen molar-refractivity contribution >= 4 is 29.2 Å². The second kappa shape index (κ2) is 8.71. The molecule has 28 heavy (non-hydrogen) atoms. The van der Waals surface area contributed by atoms with Crippen LogP contribution in [0.3, 0.4) is 0 Å². The summed E-state index contributed by atoms with van der Waals surface area (Å²) >= 11 is 6.08. The van der Waals surface area contributed by atoms with E-state index in [2.05, 4.69) is 15.7 Å². The highest BCUT2D eigenvalue weighted by molar-refractivity contribution is 6.30. The van der Waals surface area contributed by atoms with Crippen LogP contribution in [0.2, 0.25) is 5.02 Å². The van der Waals surface area contributed by atoms with Gasteiger partial charge in [-0.15, -0.1) is 0 Å². The average molecular weight is 397 g/mol. The van der Waals surface area contributed by atoms with Crippen molar-refractivity contribution in [2.45, 2.75) is 26.3 Å². The van der Waals surface area contributed by atoms with Crippen molar-refractivity contribution in [3.8, 4) is 5.69 Å². The Kier molecular flexibility index (Phi) is 6.11. The van der Waals surface area contributed by atoms with E-state index in [1.54, 1.807) is 22.9 Å². The summed E-state index contributed by atoms with van der Waals surface area (Å²) in [6.07, 6.45) is 0.101. The van der Waals surface area contributed by atoms with E-state index >= 15 is 0 Å². The first-order valence-electron chi connectivity index (χ1n) is 8.87. The van der Waals surface area contributed by atoms with E-state index in [0.29, 0.717) is 10.8 Å². The van der Waals surface area contributed by atoms with E-state index in [1.165, 1.54) is 6.92 Å². The summed E-state index contributed by atoms with van der Waals surface area (Å²) in [4.78, 5) is 24.3. The van der Waals surface area contributed by atoms with Gasteiger partial charge in [0.15, 0.2) is 0 Å². The largest absolute Gasteiger partial charge is 0.349 e. The smallest absolute Gasteiger partial charge is 0.227 e. The maximum Gasteiger partial charge on any atom is 0.227 e. The second-order valence-electron chi connectivity index (χ2n) is 6.48. The third kappa shape index (κ3) is 4.98. The number of carbonyl (C=O) groups excluding carboxylic acids is 2. The number of anilines is 1. The molecule has 1 atom stereocenters. The van der Waals surface area contributed by atoms with Crippen LogP contribution in [0.4, 0.5) is 5.82 Å². The van der Waals surface area contributed by atoms with Crippen LogP contribution >= 0.6 is 11.6 Å². The van der Waals surface area contributed by atoms with Crippen LogP contribution in [-0.2, 0) is 9.59 Å². The van der Waals surface area contributed by atoms with Crippen LogP contribution in [0.25, 0.3) is 5.69 Å². The molecule has 144 valence electrons. The van der Waals surface area contributed by atoms with Gasteiger partial charge in [-0.1, -0.05) is 48.0 Å². The highest BCUT2D eigenvalue weighted by Gasteiger charge is 2.19. The lowest BCUT2D eigenvalue weighted by Gasteiger charge is -2.18. The summed E-state index contributed by atoms with van der Waals surface area (Å²) in [6, 6.07) is 18.0. The van der Waals surface area contributed by atoms with Crippen molar-refractivity contribution in [2.75, 3.05) is 5.32 Å². The molecule has 0 aliphatic rings. The maximum absolute atomic E-state index is 12.7. The fourth-order valence-electron chi connectivity index (χ4n) is 2.96. The Balaban J connectivity index is 1.80. The minimum atomic E-state index is -0.415. The van der Waals surface area contributed by atoms with Crippen LogP contribution in [-0.4, -0.2) is 21.6 Å². The zero-order valence-corrected chi connectivity index (χ0v) is 16.4. The first-order chi connectivity index (χ1) is 13.4. The van der Waals surface area contributed by atoms with Gasteiger partial charge in [0.2, 0.25) is 11.8 Å². The summed E-state index contributed by atoms with van der Waals surface area (Å²) in [5.41, 5.74) is 2.38. The summed E-state index contributed by atoms with van der Waals surface area (Å²) in [5, 5.41) is 10.7. The number of aryl methyl sites for hydroxylation is 1. The molecular formula is C21H21ClN4O2. The SMILES string of the molecule is CC(=O)NC(CC(=O)Nc1cc(C)nn1-c1cccc(Cl)c1)c1ccccc1. The number of hydrogen-bond acceptors (Lipinski definition) is 3. The molecule has 0 spiro atoms. The van der Waals surface area contributed by atoms with E-state index in [4.69, 9.17) is 11.6 Å². The van der Waals surface area contributed by atoms with E-state index in [9.17, 15) is 9.59 Å². The number of nitrogens with zero attached hydrogens (tertiary/aromatic N) is 2. The highest BCUT2D eigenvalue weighted by Crippen LogP contribution is 2.22. The molecule has 0 aliphatic carbocycles. The fraction of sp³-hybridized carbons (Fsp3) is 0.190. The van der Waals surface area contributed by atoms with Gasteiger partial charge < -0.3 is 10.6 Å². The molecule has 0 radical (unpaired) electrons. The van der Waals surface area contributed by atoms with Crippen molar-refractivity contribution in [3.05, 3.63) is 76.9 Å². The number of nitrogens with one attached hydrogen (secondary N) is 2. The van der Waals surface area contributed by atoms with Gasteiger partial charge in [-0.05, 0) is 30.7 Å². The predicted octanol–water partition coefficient (Wildman–Crippen LogP) is 4.04. The Bertz CT molecular complexity index is 985. The molecule has 2 amide bonds. The van der Waals surface area contributed by atoms with Gasteiger partial charge >= 0.3 is 0 Å². The number of hydrogen-bond donors (Lipinski definition) is 2. The van der Waals surface area contributed by atoms with Crippen LogP contribution in [0.15, 0.2) is 60.7 Å². The van der Waals surface area contributed by atoms with E-state index in [-0.39, 0.29) is 18.2 Å². The highest BCUT2D eigenvalue weighted by atomic mass is 35.5. The molecule has 0 saturated heterocycles. The van der Waals surface area contributed by atoms with Crippen molar-refractivity contribution in [3.63, 3.8) is 0 Å². The van der Waals surface area contributed by atoms with Crippen LogP contribution in [0.1, 0.15) is 30.6 Å². The van der Waals surface area contributed by atoms with Gasteiger partial charge in [0.05, 0.1) is 23.8 Å². The first-order valence-corrected chi connectivity index (χ1v) is 9.24. The molecule has 0 bridgehead atoms. The number of halogens is 1. The number of amides is 2. The molecule has 1 aromatic heterocycles. The van der Waals surface area contributed by atoms with Gasteiger partial charge in [0.25, 0.3) is 0 Å². The lowest BCUT2D eigenvalue weighted by Crippen LogP contribution is -2.30. The van der Waals surface area contributed by atoms with Gasteiger partial charge in [0.1, 0.15) is 5.82 Å². The zero-order chi connectivity index (χ0) is 20.1. The molecule has 3 rings (SSSR count). The van der Waals surface area contributed by atoms with Crippen LogP contribution in [0, 0.1) is 6.92 Å². The Morgan fingerprint density at radius 2 is 1.86 bits per heavy atom. The third-order valence-corrected chi connectivity index (χ3v) is 4.36. The van der Waals surface area contributed by atoms with Gasteiger partial charge in [0, 0.05) is 18.0 Å². The summed E-state index contributed by atoms with van der Waals surface area (Å²) in [7, 11) is 0. The summed E-state index contributed by atoms with van der Waals surface area (Å²) in [5.74, 6) is 0.117. The Morgan fingerprint density at radius 3 is 2.54 bits per heavy atom. The Hall–Kier alpha value is -3.12. The number of carbonyl (C=O) groups is 2. The molecule has 2 aromatic carbocycles. The Labute approximate surface area is 168 Å². The zero-order valence-electron chi connectivity index (χ0n) is 15.6. The first kappa shape index (κ1) is 19.6. The predicted molar refractivity (Wildman–Crippen MR) is 110 cm³/mol. The Morgan fingerprint density at radius 1 is 1.11 bits per heavy atom. The second-order valence-corrected chi connectivity index (χ2v) is 6.92. The van der Waals surface area contributed by atoms with Gasteiger partial charge in [-0.25, -0.2) is 4.68 Å². The molecule has 1 unspecified atom stereocenters. The lowest BCUT2D eigenvalue weighted by atomic mass is 10.0. The molecule has 6 nitrogen and oxygen atoms in total. The minimum absolute atomic E-state index is 0.101. The van der Waals surface area contributed by atoms with Gasteiger partial charge in [-0.3, -0.25) is 9.59 Å². The van der Waals surface area contributed by atoms with Crippen molar-refractivity contribution in [1.29, 1.82) is 0 Å². The van der Waals surface area contributed by atoms with E-state index < -0.39 is 6.04 Å². The minimum Gasteiger partial charge on any atom is -0.349 e. The molecule has 0 fully saturated rings. The van der Waals surface area contributed by atoms with E-state index in [0.717, 1.165) is 16.9 Å². The van der Waals surface area contributed by atoms with Crippen molar-refractivity contribution in [2.24, 2.45) is 0 Å². The number of aromatic nitrogens is 2. The maximum atomic E-state index is 12.7. The number of rotatable bonds is 6. The van der Waals surface area contributed by atoms with Crippen LogP contribution in [0.5, 0.6) is 0 Å². The molecule has 3 aromatic rings. The normalized spacial score (nSPS) is 11.7. The van der Waals surface area contributed by atoms with E-state index in [1.807, 2.05) is 49.4 Å². The third-order valence-electron chi connectivity index (χ3n) is 4.12. The molecule has 2 N–H and O–H groups in total. The molecule has 7 heteroatoms. The fourth-order valence-corrected chi connectivity index (χ4v) is 3.14. The van der Waals surface area contributed by atoms with Crippen molar-refractivity contribution < 1.29 is 9.59 Å². The molecular weight excluding hydrogens is 376 g/mol.